The summed E-state index contributed by atoms with van der Waals surface area (Å²) in [5, 5.41) is 12.0. The van der Waals surface area contributed by atoms with E-state index in [1.807, 2.05) is 35.6 Å². The van der Waals surface area contributed by atoms with Crippen molar-refractivity contribution in [2.24, 2.45) is 7.05 Å². The Balaban J connectivity index is 2.00. The van der Waals surface area contributed by atoms with E-state index in [1.165, 1.54) is 0 Å². The van der Waals surface area contributed by atoms with Gasteiger partial charge in [0.05, 0.1) is 17.9 Å². The molecule has 2 heterocycles. The largest absolute Gasteiger partial charge is 0.363 e. The molecule has 0 amide bonds. The predicted octanol–water partition coefficient (Wildman–Crippen LogP) is 2.12. The summed E-state index contributed by atoms with van der Waals surface area (Å²) in [6, 6.07) is 4.46. The van der Waals surface area contributed by atoms with Gasteiger partial charge in [-0.3, -0.25) is 9.36 Å². The van der Waals surface area contributed by atoms with Crippen LogP contribution in [0.2, 0.25) is 0 Å². The molecule has 5 nitrogen and oxygen atoms in total. The van der Waals surface area contributed by atoms with Gasteiger partial charge in [0.2, 0.25) is 0 Å². The summed E-state index contributed by atoms with van der Waals surface area (Å²) in [5.41, 5.74) is 2.19. The number of hydrogen-bond donors (Lipinski definition) is 1. The molecule has 2 aromatic heterocycles. The average molecular weight is 233 g/mol. The van der Waals surface area contributed by atoms with Crippen molar-refractivity contribution in [2.75, 3.05) is 5.32 Å². The van der Waals surface area contributed by atoms with Gasteiger partial charge in [-0.2, -0.15) is 10.2 Å². The molecule has 0 fully saturated rings. The minimum Gasteiger partial charge on any atom is -0.363 e. The fourth-order valence-electron chi connectivity index (χ4n) is 1.73. The first-order valence-electron chi connectivity index (χ1n) is 5.85. The smallest absolute Gasteiger partial charge is 0.148 e. The van der Waals surface area contributed by atoms with E-state index >= 15 is 0 Å². The second kappa shape index (κ2) is 4.61. The molecule has 0 aliphatic carbocycles. The summed E-state index contributed by atoms with van der Waals surface area (Å²) in [5.74, 6) is 0.901. The van der Waals surface area contributed by atoms with Gasteiger partial charge in [-0.1, -0.05) is 0 Å². The van der Waals surface area contributed by atoms with Crippen LogP contribution in [0, 0.1) is 6.92 Å². The van der Waals surface area contributed by atoms with Gasteiger partial charge in [0.1, 0.15) is 5.82 Å². The molecule has 5 heteroatoms. The summed E-state index contributed by atoms with van der Waals surface area (Å²) in [4.78, 5) is 0. The molecule has 92 valence electrons. The summed E-state index contributed by atoms with van der Waals surface area (Å²) in [7, 11) is 1.96. The Morgan fingerprint density at radius 1 is 1.35 bits per heavy atom. The summed E-state index contributed by atoms with van der Waals surface area (Å²) < 4.78 is 3.83. The van der Waals surface area contributed by atoms with Gasteiger partial charge in [-0.25, -0.2) is 0 Å². The van der Waals surface area contributed by atoms with Crippen molar-refractivity contribution in [1.29, 1.82) is 0 Å². The molecule has 0 unspecified atom stereocenters. The highest BCUT2D eigenvalue weighted by molar-refractivity contribution is 5.33. The van der Waals surface area contributed by atoms with E-state index < -0.39 is 0 Å². The molecular formula is C12H19N5. The third-order valence-electron chi connectivity index (χ3n) is 2.69. The lowest BCUT2D eigenvalue weighted by molar-refractivity contribution is 0.533. The van der Waals surface area contributed by atoms with Crippen LogP contribution in [0.25, 0.3) is 0 Å². The Morgan fingerprint density at radius 3 is 2.65 bits per heavy atom. The van der Waals surface area contributed by atoms with Crippen molar-refractivity contribution in [3.05, 3.63) is 29.7 Å². The van der Waals surface area contributed by atoms with E-state index in [4.69, 9.17) is 0 Å². The van der Waals surface area contributed by atoms with Crippen molar-refractivity contribution in [2.45, 2.75) is 33.4 Å². The van der Waals surface area contributed by atoms with E-state index in [9.17, 15) is 0 Å². The molecule has 0 saturated carbocycles. The molecule has 0 atom stereocenters. The Bertz CT molecular complexity index is 495. The van der Waals surface area contributed by atoms with Gasteiger partial charge in [0, 0.05) is 25.4 Å². The first-order valence-corrected chi connectivity index (χ1v) is 5.85. The fraction of sp³-hybridized carbons (Fsp3) is 0.500. The summed E-state index contributed by atoms with van der Waals surface area (Å²) in [6.45, 7) is 6.96. The van der Waals surface area contributed by atoms with Gasteiger partial charge in [0.25, 0.3) is 0 Å². The van der Waals surface area contributed by atoms with Gasteiger partial charge in [-0.15, -0.1) is 0 Å². The zero-order valence-corrected chi connectivity index (χ0v) is 10.8. The topological polar surface area (TPSA) is 47.7 Å². The number of aromatic nitrogens is 4. The second-order valence-corrected chi connectivity index (χ2v) is 4.53. The minimum absolute atomic E-state index is 0.393. The average Bonchev–Trinajstić information content (AvgIpc) is 2.82. The normalized spacial score (nSPS) is 11.1. The standard InChI is InChI=1S/C12H19N5/c1-9(2)17-6-5-12(15-17)13-8-11-7-10(3)14-16(11)4/h5-7,9H,8H2,1-4H3,(H,13,15). The minimum atomic E-state index is 0.393. The van der Waals surface area contributed by atoms with E-state index in [-0.39, 0.29) is 0 Å². The molecule has 17 heavy (non-hydrogen) atoms. The molecule has 0 aromatic carbocycles. The highest BCUT2D eigenvalue weighted by Crippen LogP contribution is 2.10. The van der Waals surface area contributed by atoms with Crippen LogP contribution in [0.3, 0.4) is 0 Å². The lowest BCUT2D eigenvalue weighted by Gasteiger charge is -2.05. The Morgan fingerprint density at radius 2 is 2.12 bits per heavy atom. The highest BCUT2D eigenvalue weighted by atomic mass is 15.3. The summed E-state index contributed by atoms with van der Waals surface area (Å²) in [6.07, 6.45) is 1.99. The Labute approximate surface area is 101 Å². The van der Waals surface area contributed by atoms with Crippen molar-refractivity contribution >= 4 is 5.82 Å². The maximum absolute atomic E-state index is 4.44. The number of nitrogens with zero attached hydrogens (tertiary/aromatic N) is 4. The first kappa shape index (κ1) is 11.7. The van der Waals surface area contributed by atoms with Crippen molar-refractivity contribution < 1.29 is 0 Å². The summed E-state index contributed by atoms with van der Waals surface area (Å²) >= 11 is 0. The van der Waals surface area contributed by atoms with E-state index in [2.05, 4.69) is 35.4 Å². The SMILES string of the molecule is Cc1cc(CNc2ccn(C(C)C)n2)n(C)n1. The predicted molar refractivity (Wildman–Crippen MR) is 67.9 cm³/mol. The van der Waals surface area contributed by atoms with E-state index in [0.29, 0.717) is 6.04 Å². The van der Waals surface area contributed by atoms with Crippen LogP contribution in [0.5, 0.6) is 0 Å². The lowest BCUT2D eigenvalue weighted by atomic mass is 10.3. The highest BCUT2D eigenvalue weighted by Gasteiger charge is 2.04. The van der Waals surface area contributed by atoms with Crippen LogP contribution < -0.4 is 5.32 Å². The van der Waals surface area contributed by atoms with Gasteiger partial charge in [0.15, 0.2) is 0 Å². The van der Waals surface area contributed by atoms with Crippen LogP contribution >= 0.6 is 0 Å². The molecule has 0 bridgehead atoms. The lowest BCUT2D eigenvalue weighted by Crippen LogP contribution is -2.07. The second-order valence-electron chi connectivity index (χ2n) is 4.53. The molecule has 0 spiro atoms. The Hall–Kier alpha value is -1.78. The van der Waals surface area contributed by atoms with Crippen LogP contribution in [0.15, 0.2) is 18.3 Å². The van der Waals surface area contributed by atoms with Crippen LogP contribution in [0.1, 0.15) is 31.3 Å². The maximum Gasteiger partial charge on any atom is 0.148 e. The van der Waals surface area contributed by atoms with E-state index in [1.54, 1.807) is 0 Å². The van der Waals surface area contributed by atoms with Gasteiger partial charge < -0.3 is 5.32 Å². The number of aryl methyl sites for hydroxylation is 2. The molecule has 0 radical (unpaired) electrons. The molecule has 0 aliphatic heterocycles. The third-order valence-corrected chi connectivity index (χ3v) is 2.69. The van der Waals surface area contributed by atoms with Gasteiger partial charge >= 0.3 is 0 Å². The van der Waals surface area contributed by atoms with Crippen LogP contribution in [-0.4, -0.2) is 19.6 Å². The first-order chi connectivity index (χ1) is 8.06. The van der Waals surface area contributed by atoms with Crippen LogP contribution in [-0.2, 0) is 13.6 Å². The van der Waals surface area contributed by atoms with Crippen molar-refractivity contribution in [3.63, 3.8) is 0 Å². The van der Waals surface area contributed by atoms with Crippen molar-refractivity contribution in [3.8, 4) is 0 Å². The molecule has 0 saturated heterocycles. The molecular weight excluding hydrogens is 214 g/mol. The molecule has 1 N–H and O–H groups in total. The number of anilines is 1. The number of rotatable bonds is 4. The quantitative estimate of drug-likeness (QED) is 0.880. The molecule has 2 rings (SSSR count). The Kier molecular flexibility index (Phi) is 3.17. The molecule has 2 aromatic rings. The van der Waals surface area contributed by atoms with Crippen LogP contribution in [0.4, 0.5) is 5.82 Å². The molecule has 0 aliphatic rings. The zero-order chi connectivity index (χ0) is 12.4. The number of nitrogens with one attached hydrogen (secondary N) is 1. The fourth-order valence-corrected chi connectivity index (χ4v) is 1.73. The monoisotopic (exact) mass is 233 g/mol. The third kappa shape index (κ3) is 2.67. The maximum atomic E-state index is 4.44. The zero-order valence-electron chi connectivity index (χ0n) is 10.8. The number of hydrogen-bond acceptors (Lipinski definition) is 3. The van der Waals surface area contributed by atoms with E-state index in [0.717, 1.165) is 23.8 Å². The van der Waals surface area contributed by atoms with Gasteiger partial charge in [-0.05, 0) is 26.8 Å². The van der Waals surface area contributed by atoms with Crippen molar-refractivity contribution in [1.82, 2.24) is 19.6 Å².